The predicted octanol–water partition coefficient (Wildman–Crippen LogP) is 5.67. The van der Waals surface area contributed by atoms with E-state index in [4.69, 9.17) is 9.84 Å². The average molecular weight is 361 g/mol. The first-order valence-electron chi connectivity index (χ1n) is 9.68. The highest BCUT2D eigenvalue weighted by atomic mass is 16.5. The Kier molecular flexibility index (Phi) is 9.07. The van der Waals surface area contributed by atoms with Crippen molar-refractivity contribution >= 4 is 5.97 Å². The second-order valence-electron chi connectivity index (χ2n) is 8.12. The van der Waals surface area contributed by atoms with Crippen molar-refractivity contribution in [2.45, 2.75) is 79.8 Å². The maximum Gasteiger partial charge on any atom is 0.334 e. The predicted molar refractivity (Wildman–Crippen MR) is 109 cm³/mol. The zero-order valence-electron chi connectivity index (χ0n) is 17.4. The van der Waals surface area contributed by atoms with Crippen LogP contribution in [0.15, 0.2) is 46.6 Å². The monoisotopic (exact) mass is 360 g/mol. The molecule has 0 saturated carbocycles. The van der Waals surface area contributed by atoms with Gasteiger partial charge in [0.1, 0.15) is 12.7 Å². The molecule has 0 fully saturated rings. The molecule has 1 atom stereocenters. The number of hydrogen-bond acceptors (Lipinski definition) is 3. The van der Waals surface area contributed by atoms with Crippen LogP contribution in [0.3, 0.4) is 0 Å². The third kappa shape index (κ3) is 7.74. The molecule has 0 heterocycles. The fourth-order valence-electron chi connectivity index (χ4n) is 3.44. The molecular formula is C23H36O3. The Labute approximate surface area is 159 Å². The molecule has 0 amide bonds. The summed E-state index contributed by atoms with van der Waals surface area (Å²) >= 11 is 0. The SMILES string of the molecule is CC1=C(CC/C(C)=C/C=C/C(C)=C/COC(=O)C(C)O)C(C)(C)CCC1. The zero-order valence-corrected chi connectivity index (χ0v) is 17.4. The van der Waals surface area contributed by atoms with E-state index in [2.05, 4.69) is 33.8 Å². The Morgan fingerprint density at radius 3 is 2.65 bits per heavy atom. The molecule has 0 aromatic rings. The molecule has 0 aromatic carbocycles. The summed E-state index contributed by atoms with van der Waals surface area (Å²) in [6.45, 7) is 12.8. The number of carbonyl (C=O) groups excluding carboxylic acids is 1. The number of hydrogen-bond donors (Lipinski definition) is 1. The van der Waals surface area contributed by atoms with Gasteiger partial charge in [-0.05, 0) is 71.3 Å². The lowest BCUT2D eigenvalue weighted by Gasteiger charge is -2.34. The first-order chi connectivity index (χ1) is 12.1. The highest BCUT2D eigenvalue weighted by Gasteiger charge is 2.27. The van der Waals surface area contributed by atoms with Crippen LogP contribution in [0.2, 0.25) is 0 Å². The summed E-state index contributed by atoms with van der Waals surface area (Å²) < 4.78 is 4.92. The Morgan fingerprint density at radius 2 is 2.04 bits per heavy atom. The van der Waals surface area contributed by atoms with E-state index >= 15 is 0 Å². The van der Waals surface area contributed by atoms with E-state index in [0.717, 1.165) is 18.4 Å². The number of carbonyl (C=O) groups is 1. The van der Waals surface area contributed by atoms with Crippen molar-refractivity contribution in [3.63, 3.8) is 0 Å². The van der Waals surface area contributed by atoms with Crippen LogP contribution in [-0.2, 0) is 9.53 Å². The Balaban J connectivity index is 2.50. The van der Waals surface area contributed by atoms with Crippen LogP contribution in [-0.4, -0.2) is 23.8 Å². The van der Waals surface area contributed by atoms with E-state index in [-0.39, 0.29) is 6.61 Å². The maximum atomic E-state index is 11.2. The van der Waals surface area contributed by atoms with Gasteiger partial charge < -0.3 is 9.84 Å². The summed E-state index contributed by atoms with van der Waals surface area (Å²) in [4.78, 5) is 11.2. The highest BCUT2D eigenvalue weighted by molar-refractivity contribution is 5.73. The average Bonchev–Trinajstić information content (AvgIpc) is 2.53. The van der Waals surface area contributed by atoms with E-state index in [0.29, 0.717) is 5.41 Å². The summed E-state index contributed by atoms with van der Waals surface area (Å²) in [6.07, 6.45) is 13.1. The van der Waals surface area contributed by atoms with Gasteiger partial charge in [-0.3, -0.25) is 0 Å². The molecule has 1 aliphatic rings. The van der Waals surface area contributed by atoms with E-state index in [1.54, 1.807) is 11.1 Å². The second kappa shape index (κ2) is 10.5. The van der Waals surface area contributed by atoms with Gasteiger partial charge in [-0.25, -0.2) is 4.79 Å². The van der Waals surface area contributed by atoms with Crippen LogP contribution in [0.25, 0.3) is 0 Å². The number of allylic oxidation sites excluding steroid dienone is 7. The molecule has 0 aromatic heterocycles. The Hall–Kier alpha value is -1.61. The van der Waals surface area contributed by atoms with Gasteiger partial charge >= 0.3 is 5.97 Å². The van der Waals surface area contributed by atoms with Crippen LogP contribution in [0.5, 0.6) is 0 Å². The third-order valence-corrected chi connectivity index (χ3v) is 5.17. The quantitative estimate of drug-likeness (QED) is 0.345. The van der Waals surface area contributed by atoms with Crippen molar-refractivity contribution in [3.8, 4) is 0 Å². The molecule has 3 nitrogen and oxygen atoms in total. The van der Waals surface area contributed by atoms with Crippen LogP contribution in [0.4, 0.5) is 0 Å². The minimum atomic E-state index is -1.07. The van der Waals surface area contributed by atoms with Crippen molar-refractivity contribution in [1.82, 2.24) is 0 Å². The largest absolute Gasteiger partial charge is 0.460 e. The van der Waals surface area contributed by atoms with Gasteiger partial charge in [0.15, 0.2) is 0 Å². The van der Waals surface area contributed by atoms with Crippen molar-refractivity contribution in [1.29, 1.82) is 0 Å². The molecular weight excluding hydrogens is 324 g/mol. The summed E-state index contributed by atoms with van der Waals surface area (Å²) in [5, 5.41) is 9.06. The first kappa shape index (κ1) is 22.4. The van der Waals surface area contributed by atoms with Gasteiger partial charge in [-0.1, -0.05) is 54.4 Å². The molecule has 0 saturated heterocycles. The summed E-state index contributed by atoms with van der Waals surface area (Å²) in [5.41, 5.74) is 5.99. The van der Waals surface area contributed by atoms with Gasteiger partial charge in [0.2, 0.25) is 0 Å². The fraction of sp³-hybridized carbons (Fsp3) is 0.609. The van der Waals surface area contributed by atoms with Crippen molar-refractivity contribution in [2.75, 3.05) is 6.61 Å². The molecule has 1 rings (SSSR count). The molecule has 26 heavy (non-hydrogen) atoms. The van der Waals surface area contributed by atoms with Gasteiger partial charge in [0.05, 0.1) is 0 Å². The van der Waals surface area contributed by atoms with Crippen LogP contribution < -0.4 is 0 Å². The molecule has 0 spiro atoms. The molecule has 0 bridgehead atoms. The summed E-state index contributed by atoms with van der Waals surface area (Å²) in [7, 11) is 0. The zero-order chi connectivity index (χ0) is 19.7. The van der Waals surface area contributed by atoms with Gasteiger partial charge in [0.25, 0.3) is 0 Å². The molecule has 146 valence electrons. The van der Waals surface area contributed by atoms with E-state index in [1.165, 1.54) is 31.8 Å². The summed E-state index contributed by atoms with van der Waals surface area (Å²) in [6, 6.07) is 0. The smallest absolute Gasteiger partial charge is 0.334 e. The minimum Gasteiger partial charge on any atom is -0.460 e. The Bertz CT molecular complexity index is 601. The molecule has 0 radical (unpaired) electrons. The number of rotatable bonds is 8. The lowest BCUT2D eigenvalue weighted by molar-refractivity contribution is -0.151. The lowest BCUT2D eigenvalue weighted by atomic mass is 9.71. The van der Waals surface area contributed by atoms with Crippen LogP contribution >= 0.6 is 0 Å². The lowest BCUT2D eigenvalue weighted by Crippen LogP contribution is -2.20. The number of esters is 1. The minimum absolute atomic E-state index is 0.186. The topological polar surface area (TPSA) is 46.5 Å². The van der Waals surface area contributed by atoms with E-state index in [1.807, 2.05) is 25.2 Å². The summed E-state index contributed by atoms with van der Waals surface area (Å²) in [5.74, 6) is -0.594. The first-order valence-corrected chi connectivity index (χ1v) is 9.68. The Morgan fingerprint density at radius 1 is 1.35 bits per heavy atom. The van der Waals surface area contributed by atoms with Crippen molar-refractivity contribution < 1.29 is 14.6 Å². The van der Waals surface area contributed by atoms with Crippen molar-refractivity contribution in [2.24, 2.45) is 5.41 Å². The van der Waals surface area contributed by atoms with Crippen LogP contribution in [0.1, 0.15) is 73.6 Å². The van der Waals surface area contributed by atoms with Crippen LogP contribution in [0, 0.1) is 5.41 Å². The molecule has 0 aliphatic heterocycles. The third-order valence-electron chi connectivity index (χ3n) is 5.17. The van der Waals surface area contributed by atoms with Gasteiger partial charge in [-0.2, -0.15) is 0 Å². The standard InChI is InChI=1S/C23H36O3/c1-17(12-13-21-19(3)11-8-15-23(21,5)6)9-7-10-18(2)14-16-26-22(25)20(4)24/h7,9-10,14,20,24H,8,11-13,15-16H2,1-6H3/b10-7+,17-9+,18-14+. The van der Waals surface area contributed by atoms with Crippen molar-refractivity contribution in [3.05, 3.63) is 46.6 Å². The highest BCUT2D eigenvalue weighted by Crippen LogP contribution is 2.42. The van der Waals surface area contributed by atoms with E-state index in [9.17, 15) is 4.79 Å². The fourth-order valence-corrected chi connectivity index (χ4v) is 3.44. The maximum absolute atomic E-state index is 11.2. The molecule has 3 heteroatoms. The second-order valence-corrected chi connectivity index (χ2v) is 8.12. The van der Waals surface area contributed by atoms with Gasteiger partial charge in [0, 0.05) is 0 Å². The molecule has 1 N–H and O–H groups in total. The molecule has 1 aliphatic carbocycles. The molecule has 1 unspecified atom stereocenters. The van der Waals surface area contributed by atoms with E-state index < -0.39 is 12.1 Å². The number of ether oxygens (including phenoxy) is 1. The number of aliphatic hydroxyl groups excluding tert-OH is 1. The van der Waals surface area contributed by atoms with Gasteiger partial charge in [-0.15, -0.1) is 0 Å². The number of aliphatic hydroxyl groups is 1. The normalized spacial score (nSPS) is 19.8.